The van der Waals surface area contributed by atoms with Gasteiger partial charge in [-0.3, -0.25) is 0 Å². The summed E-state index contributed by atoms with van der Waals surface area (Å²) in [5.74, 6) is 1.15. The Morgan fingerprint density at radius 2 is 1.93 bits per heavy atom. The molecule has 2 N–H and O–H groups in total. The van der Waals surface area contributed by atoms with E-state index in [2.05, 4.69) is 9.97 Å². The van der Waals surface area contributed by atoms with Gasteiger partial charge in [0.25, 0.3) is 0 Å². The molecule has 4 rings (SSSR count). The van der Waals surface area contributed by atoms with E-state index < -0.39 is 5.97 Å². The second-order valence-electron chi connectivity index (χ2n) is 7.09. The van der Waals surface area contributed by atoms with Crippen molar-refractivity contribution < 1.29 is 14.3 Å². The minimum atomic E-state index is -0.463. The van der Waals surface area contributed by atoms with Crippen LogP contribution in [0, 0.1) is 13.8 Å². The van der Waals surface area contributed by atoms with E-state index in [-0.39, 0.29) is 13.2 Å². The third kappa shape index (κ3) is 3.67. The monoisotopic (exact) mass is 397 g/mol. The zero-order chi connectivity index (χ0) is 19.7. The Hall–Kier alpha value is -2.67. The summed E-state index contributed by atoms with van der Waals surface area (Å²) in [6.07, 6.45) is 4.50. The number of benzene rings is 1. The molecule has 2 heterocycles. The first kappa shape index (κ1) is 18.7. The van der Waals surface area contributed by atoms with E-state index >= 15 is 0 Å². The largest absolute Gasteiger partial charge is 0.481 e. The zero-order valence-electron chi connectivity index (χ0n) is 16.1. The van der Waals surface area contributed by atoms with E-state index in [0.717, 1.165) is 34.2 Å². The number of rotatable bonds is 5. The molecular formula is C21H23N3O3S. The summed E-state index contributed by atoms with van der Waals surface area (Å²) in [6.45, 7) is 3.72. The van der Waals surface area contributed by atoms with Gasteiger partial charge in [0, 0.05) is 4.88 Å². The summed E-state index contributed by atoms with van der Waals surface area (Å²) in [5, 5.41) is 0.980. The highest BCUT2D eigenvalue weighted by Crippen LogP contribution is 2.37. The molecule has 0 aliphatic heterocycles. The van der Waals surface area contributed by atoms with Crippen LogP contribution < -0.4 is 10.5 Å². The summed E-state index contributed by atoms with van der Waals surface area (Å²) in [7, 11) is 0. The minimum absolute atomic E-state index is 0.0162. The van der Waals surface area contributed by atoms with E-state index in [1.54, 1.807) is 11.3 Å². The van der Waals surface area contributed by atoms with Crippen LogP contribution in [0.15, 0.2) is 18.2 Å². The number of carbonyl (C=O) groups is 1. The van der Waals surface area contributed by atoms with Crippen molar-refractivity contribution in [2.24, 2.45) is 0 Å². The van der Waals surface area contributed by atoms with Gasteiger partial charge in [0.15, 0.2) is 19.0 Å². The molecule has 0 spiro atoms. The highest BCUT2D eigenvalue weighted by molar-refractivity contribution is 7.19. The van der Waals surface area contributed by atoms with Crippen molar-refractivity contribution in [1.82, 2.24) is 9.97 Å². The second kappa shape index (κ2) is 7.75. The molecule has 6 nitrogen and oxygen atoms in total. The van der Waals surface area contributed by atoms with Crippen molar-refractivity contribution in [2.75, 3.05) is 12.3 Å². The average molecular weight is 398 g/mol. The Morgan fingerprint density at radius 3 is 2.71 bits per heavy atom. The van der Waals surface area contributed by atoms with Crippen molar-refractivity contribution in [3.8, 4) is 5.75 Å². The fraction of sp³-hybridized carbons (Fsp3) is 0.381. The van der Waals surface area contributed by atoms with Crippen LogP contribution in [0.3, 0.4) is 0 Å². The number of ether oxygens (including phenoxy) is 2. The number of nitrogen functional groups attached to an aromatic ring is 1. The predicted molar refractivity (Wildman–Crippen MR) is 110 cm³/mol. The summed E-state index contributed by atoms with van der Waals surface area (Å²) < 4.78 is 10.9. The minimum Gasteiger partial charge on any atom is -0.481 e. The van der Waals surface area contributed by atoms with E-state index in [1.165, 1.54) is 23.3 Å². The molecule has 146 valence electrons. The molecule has 0 saturated carbocycles. The van der Waals surface area contributed by atoms with E-state index in [9.17, 15) is 4.79 Å². The van der Waals surface area contributed by atoms with E-state index in [0.29, 0.717) is 17.4 Å². The number of aryl methyl sites for hydroxylation is 4. The highest BCUT2D eigenvalue weighted by atomic mass is 32.1. The quantitative estimate of drug-likeness (QED) is 0.657. The fourth-order valence-corrected chi connectivity index (χ4v) is 4.93. The van der Waals surface area contributed by atoms with Crippen LogP contribution in [0.4, 0.5) is 5.82 Å². The molecule has 0 bridgehead atoms. The van der Waals surface area contributed by atoms with Crippen molar-refractivity contribution in [1.29, 1.82) is 0 Å². The van der Waals surface area contributed by atoms with Crippen molar-refractivity contribution in [2.45, 2.75) is 46.1 Å². The average Bonchev–Trinajstić information content (AvgIpc) is 3.05. The Labute approximate surface area is 167 Å². The molecule has 1 aromatic carbocycles. The molecule has 0 unspecified atom stereocenters. The summed E-state index contributed by atoms with van der Waals surface area (Å²) >= 11 is 1.68. The number of hydrogen-bond donors (Lipinski definition) is 1. The molecule has 0 amide bonds. The maximum atomic E-state index is 12.1. The van der Waals surface area contributed by atoms with Crippen LogP contribution in [-0.2, 0) is 29.0 Å². The molecule has 1 aliphatic carbocycles. The van der Waals surface area contributed by atoms with Gasteiger partial charge in [-0.15, -0.1) is 11.3 Å². The van der Waals surface area contributed by atoms with Gasteiger partial charge in [-0.05, 0) is 56.2 Å². The van der Waals surface area contributed by atoms with Crippen LogP contribution in [0.2, 0.25) is 0 Å². The zero-order valence-corrected chi connectivity index (χ0v) is 16.9. The Morgan fingerprint density at radius 1 is 1.18 bits per heavy atom. The third-order valence-electron chi connectivity index (χ3n) is 4.99. The summed E-state index contributed by atoms with van der Waals surface area (Å²) in [4.78, 5) is 23.3. The fourth-order valence-electron chi connectivity index (χ4n) is 3.64. The number of hydrogen-bond acceptors (Lipinski definition) is 7. The van der Waals surface area contributed by atoms with Gasteiger partial charge in [-0.1, -0.05) is 18.2 Å². The van der Waals surface area contributed by atoms with Gasteiger partial charge in [0.1, 0.15) is 16.4 Å². The van der Waals surface area contributed by atoms with Crippen LogP contribution in [0.5, 0.6) is 5.75 Å². The van der Waals surface area contributed by atoms with Crippen molar-refractivity contribution in [3.63, 3.8) is 0 Å². The molecule has 0 fully saturated rings. The van der Waals surface area contributed by atoms with Crippen molar-refractivity contribution >= 4 is 33.3 Å². The normalized spacial score (nSPS) is 13.4. The molecule has 0 radical (unpaired) electrons. The van der Waals surface area contributed by atoms with Gasteiger partial charge < -0.3 is 15.2 Å². The SMILES string of the molecule is Cc1cccc(C)c1OCC(=O)OCc1nc(N)c2c3c(sc2n1)CCCC3. The summed E-state index contributed by atoms with van der Waals surface area (Å²) in [5.41, 5.74) is 9.46. The molecule has 0 saturated heterocycles. The topological polar surface area (TPSA) is 87.3 Å². The van der Waals surface area contributed by atoms with Gasteiger partial charge in [-0.2, -0.15) is 0 Å². The molecule has 2 aromatic heterocycles. The van der Waals surface area contributed by atoms with Crippen LogP contribution >= 0.6 is 11.3 Å². The van der Waals surface area contributed by atoms with Gasteiger partial charge in [0.2, 0.25) is 0 Å². The predicted octanol–water partition coefficient (Wildman–Crippen LogP) is 3.89. The maximum Gasteiger partial charge on any atom is 0.344 e. The maximum absolute atomic E-state index is 12.1. The lowest BCUT2D eigenvalue weighted by Gasteiger charge is -2.12. The number of aromatic nitrogens is 2. The second-order valence-corrected chi connectivity index (χ2v) is 8.17. The standard InChI is InChI=1S/C21H23N3O3S/c1-12-6-5-7-13(2)19(12)27-11-17(25)26-10-16-23-20(22)18-14-8-3-4-9-15(14)28-21(18)24-16/h5-7H,3-4,8-11H2,1-2H3,(H2,22,23,24). The molecule has 3 aromatic rings. The smallest absolute Gasteiger partial charge is 0.344 e. The molecule has 0 atom stereocenters. The lowest BCUT2D eigenvalue weighted by molar-refractivity contribution is -0.147. The number of carbonyl (C=O) groups excluding carboxylic acids is 1. The summed E-state index contributed by atoms with van der Waals surface area (Å²) in [6, 6.07) is 5.84. The first-order chi connectivity index (χ1) is 13.5. The van der Waals surface area contributed by atoms with Crippen LogP contribution in [0.1, 0.15) is 40.2 Å². The van der Waals surface area contributed by atoms with Crippen LogP contribution in [0.25, 0.3) is 10.2 Å². The first-order valence-corrected chi connectivity index (χ1v) is 10.3. The van der Waals surface area contributed by atoms with Crippen molar-refractivity contribution in [3.05, 3.63) is 45.6 Å². The third-order valence-corrected chi connectivity index (χ3v) is 6.18. The molecule has 1 aliphatic rings. The Bertz CT molecular complexity index is 1020. The molecular weight excluding hydrogens is 374 g/mol. The van der Waals surface area contributed by atoms with Crippen LogP contribution in [-0.4, -0.2) is 22.5 Å². The number of esters is 1. The number of thiophene rings is 1. The molecule has 7 heteroatoms. The number of anilines is 1. The van der Waals surface area contributed by atoms with Gasteiger partial charge in [0.05, 0.1) is 5.39 Å². The number of fused-ring (bicyclic) bond motifs is 3. The lowest BCUT2D eigenvalue weighted by Crippen LogP contribution is -2.16. The number of nitrogens with two attached hydrogens (primary N) is 1. The highest BCUT2D eigenvalue weighted by Gasteiger charge is 2.20. The Kier molecular flexibility index (Phi) is 5.17. The van der Waals surface area contributed by atoms with E-state index in [4.69, 9.17) is 15.2 Å². The van der Waals surface area contributed by atoms with E-state index in [1.807, 2.05) is 32.0 Å². The first-order valence-electron chi connectivity index (χ1n) is 9.44. The van der Waals surface area contributed by atoms with Gasteiger partial charge in [-0.25, -0.2) is 14.8 Å². The lowest BCUT2D eigenvalue weighted by atomic mass is 9.97. The van der Waals surface area contributed by atoms with Gasteiger partial charge >= 0.3 is 5.97 Å². The Balaban J connectivity index is 1.42. The molecule has 28 heavy (non-hydrogen) atoms. The number of nitrogens with zero attached hydrogens (tertiary/aromatic N) is 2. The number of para-hydroxylation sites is 1.